The number of esters is 1. The van der Waals surface area contributed by atoms with Crippen molar-refractivity contribution in [3.8, 4) is 16.9 Å². The highest BCUT2D eigenvalue weighted by Gasteiger charge is 2.37. The van der Waals surface area contributed by atoms with Gasteiger partial charge in [-0.25, -0.2) is 9.78 Å². The highest BCUT2D eigenvalue weighted by Crippen LogP contribution is 2.29. The van der Waals surface area contributed by atoms with Crippen LogP contribution in [0.3, 0.4) is 0 Å². The average Bonchev–Trinajstić information content (AvgIpc) is 3.31. The van der Waals surface area contributed by atoms with Gasteiger partial charge in [0, 0.05) is 23.0 Å². The van der Waals surface area contributed by atoms with Crippen molar-refractivity contribution in [2.24, 2.45) is 5.41 Å². The molecule has 2 aromatic carbocycles. The molecule has 3 rings (SSSR count). The Morgan fingerprint density at radius 3 is 2.22 bits per heavy atom. The third-order valence-electron chi connectivity index (χ3n) is 4.88. The maximum atomic E-state index is 13.4. The van der Waals surface area contributed by atoms with Gasteiger partial charge in [-0.2, -0.15) is 0 Å². The number of ketones is 1. The normalized spacial score (nSPS) is 12.1. The minimum Gasteiger partial charge on any atom is -0.463 e. The molecule has 1 heterocycles. The van der Waals surface area contributed by atoms with Gasteiger partial charge in [0.05, 0.1) is 11.7 Å². The number of carbonyl (C=O) groups excluding carboxylic acids is 2. The van der Waals surface area contributed by atoms with Crippen LogP contribution in [0.4, 0.5) is 0 Å². The lowest BCUT2D eigenvalue weighted by Crippen LogP contribution is -2.39. The number of nitrogens with zero attached hydrogens (tertiary/aromatic N) is 2. The van der Waals surface area contributed by atoms with Crippen molar-refractivity contribution in [1.29, 1.82) is 0 Å². The van der Waals surface area contributed by atoms with E-state index in [1.54, 1.807) is 49.9 Å². The van der Waals surface area contributed by atoms with Gasteiger partial charge in [0.15, 0.2) is 0 Å². The van der Waals surface area contributed by atoms with Gasteiger partial charge in [0.2, 0.25) is 12.0 Å². The topological polar surface area (TPSA) is 70.4 Å². The summed E-state index contributed by atoms with van der Waals surface area (Å²) in [6, 6.07) is 15.0. The van der Waals surface area contributed by atoms with E-state index in [1.165, 1.54) is 6.33 Å². The third kappa shape index (κ3) is 5.65. The maximum absolute atomic E-state index is 13.4. The first-order valence-electron chi connectivity index (χ1n) is 10.0. The van der Waals surface area contributed by atoms with Gasteiger partial charge in [-0.3, -0.25) is 9.36 Å². The second kappa shape index (κ2) is 9.83. The van der Waals surface area contributed by atoms with Crippen LogP contribution in [-0.2, 0) is 14.3 Å². The van der Waals surface area contributed by atoms with E-state index in [-0.39, 0.29) is 18.0 Å². The molecule has 7 heteroatoms. The summed E-state index contributed by atoms with van der Waals surface area (Å²) in [5, 5.41) is 0.673. The van der Waals surface area contributed by atoms with Crippen LogP contribution in [0, 0.1) is 5.41 Å². The number of rotatable bonds is 9. The zero-order chi connectivity index (χ0) is 23.3. The molecule has 0 N–H and O–H groups in total. The standard InChI is InChI=1S/C25H25ClN2O4/c1-17(2)24(30)31-15-25(3,4)22(29)23(28-14-13-27-16-28)32-21-11-7-19(8-12-21)18-5-9-20(26)10-6-18/h5-14,16,23H,1,15H2,2-4H3. The van der Waals surface area contributed by atoms with Crippen LogP contribution in [0.5, 0.6) is 5.75 Å². The summed E-state index contributed by atoms with van der Waals surface area (Å²) in [7, 11) is 0. The molecule has 0 aliphatic carbocycles. The Kier molecular flexibility index (Phi) is 7.15. The summed E-state index contributed by atoms with van der Waals surface area (Å²) in [6.07, 6.45) is 3.76. The number of Topliss-reactive ketones (excluding diaryl/α,β-unsaturated/α-hetero) is 1. The average molecular weight is 453 g/mol. The van der Waals surface area contributed by atoms with Crippen molar-refractivity contribution < 1.29 is 19.1 Å². The quantitative estimate of drug-likeness (QED) is 0.317. The number of benzene rings is 2. The number of hydrogen-bond donors (Lipinski definition) is 0. The minimum absolute atomic E-state index is 0.0956. The Hall–Kier alpha value is -3.38. The van der Waals surface area contributed by atoms with Gasteiger partial charge in [0.1, 0.15) is 12.4 Å². The Labute approximate surface area is 192 Å². The lowest BCUT2D eigenvalue weighted by Gasteiger charge is -2.28. The molecule has 0 spiro atoms. The van der Waals surface area contributed by atoms with Gasteiger partial charge in [0.25, 0.3) is 0 Å². The molecule has 0 radical (unpaired) electrons. The Bertz CT molecular complexity index is 1090. The van der Waals surface area contributed by atoms with Crippen LogP contribution >= 0.6 is 11.6 Å². The van der Waals surface area contributed by atoms with E-state index in [1.807, 2.05) is 36.4 Å². The molecule has 1 aromatic heterocycles. The van der Waals surface area contributed by atoms with Crippen LogP contribution in [0.2, 0.25) is 5.02 Å². The smallest absolute Gasteiger partial charge is 0.333 e. The monoisotopic (exact) mass is 452 g/mol. The lowest BCUT2D eigenvalue weighted by molar-refractivity contribution is -0.149. The fourth-order valence-corrected chi connectivity index (χ4v) is 3.06. The van der Waals surface area contributed by atoms with Crippen molar-refractivity contribution in [3.05, 3.63) is 84.4 Å². The summed E-state index contributed by atoms with van der Waals surface area (Å²) in [5.41, 5.74) is 1.29. The second-order valence-corrected chi connectivity index (χ2v) is 8.55. The van der Waals surface area contributed by atoms with Crippen molar-refractivity contribution in [3.63, 3.8) is 0 Å². The molecule has 6 nitrogen and oxygen atoms in total. The zero-order valence-electron chi connectivity index (χ0n) is 18.2. The number of hydrogen-bond acceptors (Lipinski definition) is 5. The van der Waals surface area contributed by atoms with E-state index < -0.39 is 17.6 Å². The molecular weight excluding hydrogens is 428 g/mol. The number of carbonyl (C=O) groups is 2. The van der Waals surface area contributed by atoms with Gasteiger partial charge < -0.3 is 9.47 Å². The van der Waals surface area contributed by atoms with Gasteiger partial charge in [-0.15, -0.1) is 0 Å². The predicted octanol–water partition coefficient (Wildman–Crippen LogP) is 5.50. The Balaban J connectivity index is 1.79. The molecule has 0 saturated heterocycles. The highest BCUT2D eigenvalue weighted by atomic mass is 35.5. The molecule has 0 amide bonds. The third-order valence-corrected chi connectivity index (χ3v) is 5.13. The van der Waals surface area contributed by atoms with Gasteiger partial charge in [-0.1, -0.05) is 42.4 Å². The van der Waals surface area contributed by atoms with E-state index in [0.717, 1.165) is 11.1 Å². The zero-order valence-corrected chi connectivity index (χ0v) is 19.0. The van der Waals surface area contributed by atoms with E-state index in [4.69, 9.17) is 21.1 Å². The second-order valence-electron chi connectivity index (χ2n) is 8.12. The van der Waals surface area contributed by atoms with Crippen molar-refractivity contribution in [2.45, 2.75) is 27.0 Å². The highest BCUT2D eigenvalue weighted by molar-refractivity contribution is 6.30. The first-order chi connectivity index (χ1) is 15.2. The van der Waals surface area contributed by atoms with E-state index in [9.17, 15) is 9.59 Å². The molecule has 0 aliphatic heterocycles. The molecular formula is C25H25ClN2O4. The molecule has 0 saturated carbocycles. The lowest BCUT2D eigenvalue weighted by atomic mass is 9.88. The molecule has 3 aromatic rings. The number of imidazole rings is 1. The van der Waals surface area contributed by atoms with Crippen LogP contribution in [0.1, 0.15) is 27.0 Å². The van der Waals surface area contributed by atoms with Crippen molar-refractivity contribution in [2.75, 3.05) is 6.61 Å². The molecule has 0 aliphatic rings. The molecule has 0 bridgehead atoms. The number of ether oxygens (including phenoxy) is 2. The van der Waals surface area contributed by atoms with Gasteiger partial charge in [-0.05, 0) is 56.2 Å². The van der Waals surface area contributed by atoms with Crippen molar-refractivity contribution >= 4 is 23.4 Å². The molecule has 32 heavy (non-hydrogen) atoms. The van der Waals surface area contributed by atoms with Crippen LogP contribution < -0.4 is 4.74 Å². The Morgan fingerprint density at radius 2 is 1.69 bits per heavy atom. The molecule has 0 fully saturated rings. The van der Waals surface area contributed by atoms with E-state index in [2.05, 4.69) is 11.6 Å². The number of halogens is 1. The Morgan fingerprint density at radius 1 is 1.09 bits per heavy atom. The molecule has 1 unspecified atom stereocenters. The minimum atomic E-state index is -0.997. The van der Waals surface area contributed by atoms with Crippen LogP contribution in [-0.4, -0.2) is 27.9 Å². The van der Waals surface area contributed by atoms with Crippen LogP contribution in [0.15, 0.2) is 79.4 Å². The summed E-state index contributed by atoms with van der Waals surface area (Å²) in [4.78, 5) is 29.2. The molecule has 1 atom stereocenters. The molecule has 166 valence electrons. The van der Waals surface area contributed by atoms with E-state index in [0.29, 0.717) is 10.8 Å². The van der Waals surface area contributed by atoms with Crippen LogP contribution in [0.25, 0.3) is 11.1 Å². The summed E-state index contributed by atoms with van der Waals surface area (Å²) in [6.45, 7) is 8.44. The first kappa shape index (κ1) is 23.3. The SMILES string of the molecule is C=C(C)C(=O)OCC(C)(C)C(=O)C(Oc1ccc(-c2ccc(Cl)cc2)cc1)n1ccnc1. The summed E-state index contributed by atoms with van der Waals surface area (Å²) < 4.78 is 12.9. The summed E-state index contributed by atoms with van der Waals surface area (Å²) >= 11 is 5.96. The number of aromatic nitrogens is 2. The predicted molar refractivity (Wildman–Crippen MR) is 123 cm³/mol. The first-order valence-corrected chi connectivity index (χ1v) is 10.4. The van der Waals surface area contributed by atoms with Crippen molar-refractivity contribution in [1.82, 2.24) is 9.55 Å². The largest absolute Gasteiger partial charge is 0.463 e. The fourth-order valence-electron chi connectivity index (χ4n) is 2.93. The van der Waals surface area contributed by atoms with Gasteiger partial charge >= 0.3 is 5.97 Å². The summed E-state index contributed by atoms with van der Waals surface area (Å²) in [5.74, 6) is -0.278. The van der Waals surface area contributed by atoms with E-state index >= 15 is 0 Å². The maximum Gasteiger partial charge on any atom is 0.333 e. The fraction of sp³-hybridized carbons (Fsp3) is 0.240.